The molecule has 0 unspecified atom stereocenters. The molecule has 9 heteroatoms. The molecule has 0 bridgehead atoms. The number of carbonyl (C=O) groups is 1. The zero-order valence-corrected chi connectivity index (χ0v) is 18.4. The minimum atomic E-state index is -0.206. The molecule has 0 saturated carbocycles. The van der Waals surface area contributed by atoms with Crippen LogP contribution in [0.5, 0.6) is 5.75 Å². The van der Waals surface area contributed by atoms with Gasteiger partial charge in [-0.05, 0) is 31.5 Å². The molecule has 1 heterocycles. The smallest absolute Gasteiger partial charge is 0.295 e. The summed E-state index contributed by atoms with van der Waals surface area (Å²) >= 11 is 0. The number of oxazole rings is 1. The third-order valence-electron chi connectivity index (χ3n) is 4.62. The molecule has 168 valence electrons. The van der Waals surface area contributed by atoms with Crippen molar-refractivity contribution in [1.29, 1.82) is 5.41 Å². The fourth-order valence-electron chi connectivity index (χ4n) is 3.09. The molecule has 1 aromatic heterocycles. The van der Waals surface area contributed by atoms with E-state index in [0.29, 0.717) is 46.6 Å². The molecule has 1 amide bonds. The summed E-state index contributed by atoms with van der Waals surface area (Å²) < 4.78 is 11.2. The molecule has 32 heavy (non-hydrogen) atoms. The minimum absolute atomic E-state index is 0.00291. The van der Waals surface area contributed by atoms with Gasteiger partial charge >= 0.3 is 0 Å². The number of methoxy groups -OCH3 is 1. The lowest BCUT2D eigenvalue weighted by molar-refractivity contribution is -0.120. The maximum Gasteiger partial charge on any atom is 0.295 e. The van der Waals surface area contributed by atoms with Gasteiger partial charge < -0.3 is 31.3 Å². The summed E-state index contributed by atoms with van der Waals surface area (Å²) in [4.78, 5) is 17.1. The van der Waals surface area contributed by atoms with Gasteiger partial charge in [0, 0.05) is 35.5 Å². The molecule has 3 rings (SSSR count). The number of hydrogen-bond donors (Lipinski definition) is 5. The number of hydrogen-bond acceptors (Lipinski definition) is 7. The average Bonchev–Trinajstić information content (AvgIpc) is 3.13. The lowest BCUT2D eigenvalue weighted by Gasteiger charge is -2.07. The van der Waals surface area contributed by atoms with Crippen LogP contribution >= 0.6 is 0 Å². The van der Waals surface area contributed by atoms with Gasteiger partial charge in [-0.3, -0.25) is 10.2 Å². The van der Waals surface area contributed by atoms with Gasteiger partial charge in [-0.2, -0.15) is 4.98 Å². The number of amides is 1. The van der Waals surface area contributed by atoms with Crippen LogP contribution < -0.4 is 26.8 Å². The van der Waals surface area contributed by atoms with Crippen LogP contribution in [0.1, 0.15) is 30.7 Å². The number of benzene rings is 2. The van der Waals surface area contributed by atoms with Crippen molar-refractivity contribution in [2.24, 2.45) is 5.73 Å². The molecular formula is C23H28N6O3. The first-order chi connectivity index (χ1) is 15.2. The number of nitrogens with zero attached hydrogens (tertiary/aromatic N) is 1. The van der Waals surface area contributed by atoms with E-state index in [0.717, 1.165) is 5.56 Å². The van der Waals surface area contributed by atoms with Crippen LogP contribution in [0.15, 0.2) is 46.9 Å². The number of ether oxygens (including phenoxy) is 1. The summed E-state index contributed by atoms with van der Waals surface area (Å²) in [5, 5.41) is 13.5. The predicted molar refractivity (Wildman–Crippen MR) is 125 cm³/mol. The molecule has 7 N–H and O–H groups in total. The zero-order chi connectivity index (χ0) is 23.3. The van der Waals surface area contributed by atoms with Crippen molar-refractivity contribution in [3.8, 4) is 17.1 Å². The Labute approximate surface area is 186 Å². The lowest BCUT2D eigenvalue weighted by atomic mass is 10.1. The van der Waals surface area contributed by atoms with Crippen LogP contribution in [0.4, 0.5) is 11.7 Å². The van der Waals surface area contributed by atoms with Crippen LogP contribution in [0, 0.1) is 5.41 Å². The van der Waals surface area contributed by atoms with Crippen LogP contribution in [-0.4, -0.2) is 29.9 Å². The molecule has 0 spiro atoms. The highest BCUT2D eigenvalue weighted by molar-refractivity contribution is 5.94. The Balaban J connectivity index is 1.78. The number of nitrogen functional groups attached to an aromatic ring is 2. The summed E-state index contributed by atoms with van der Waals surface area (Å²) in [5.74, 6) is 0.837. The van der Waals surface area contributed by atoms with E-state index in [-0.39, 0.29) is 24.2 Å². The first-order valence-corrected chi connectivity index (χ1v) is 10.2. The van der Waals surface area contributed by atoms with Crippen molar-refractivity contribution < 1.29 is 13.9 Å². The standard InChI is InChI=1S/C23H28N6O3/c1-13(2)28-23-29-19(21(32-23)16-8-17(24)10-18(9-16)31-3)11-20(30)27-12-14-4-6-15(7-5-14)22(25)26/h4-10,13H,11-12,24H2,1-3H3,(H3,25,26)(H,27,30)(H,28,29). The van der Waals surface area contributed by atoms with E-state index in [1.54, 1.807) is 37.4 Å². The van der Waals surface area contributed by atoms with Gasteiger partial charge in [0.2, 0.25) is 5.91 Å². The first-order valence-electron chi connectivity index (χ1n) is 10.2. The fraction of sp³-hybridized carbons (Fsp3) is 0.261. The Morgan fingerprint density at radius 3 is 2.56 bits per heavy atom. The van der Waals surface area contributed by atoms with Gasteiger partial charge in [0.05, 0.1) is 19.2 Å². The predicted octanol–water partition coefficient (Wildman–Crippen LogP) is 2.90. The minimum Gasteiger partial charge on any atom is -0.497 e. The van der Waals surface area contributed by atoms with E-state index in [4.69, 9.17) is 26.0 Å². The maximum absolute atomic E-state index is 12.6. The second-order valence-electron chi connectivity index (χ2n) is 7.65. The summed E-state index contributed by atoms with van der Waals surface area (Å²) in [5.41, 5.74) is 14.7. The zero-order valence-electron chi connectivity index (χ0n) is 18.4. The monoisotopic (exact) mass is 436 g/mol. The number of aromatic nitrogens is 1. The van der Waals surface area contributed by atoms with E-state index >= 15 is 0 Å². The molecule has 0 aliphatic rings. The molecule has 0 aliphatic heterocycles. The Kier molecular flexibility index (Phi) is 6.99. The Bertz CT molecular complexity index is 1110. The molecule has 0 saturated heterocycles. The highest BCUT2D eigenvalue weighted by Gasteiger charge is 2.19. The number of carbonyl (C=O) groups excluding carboxylic acids is 1. The average molecular weight is 437 g/mol. The van der Waals surface area contributed by atoms with Crippen molar-refractivity contribution in [3.63, 3.8) is 0 Å². The van der Waals surface area contributed by atoms with Gasteiger partial charge in [-0.1, -0.05) is 24.3 Å². The van der Waals surface area contributed by atoms with Gasteiger partial charge in [0.1, 0.15) is 11.6 Å². The number of nitrogens with two attached hydrogens (primary N) is 2. The molecule has 0 radical (unpaired) electrons. The molecular weight excluding hydrogens is 408 g/mol. The summed E-state index contributed by atoms with van der Waals surface area (Å²) in [6.45, 7) is 4.28. The van der Waals surface area contributed by atoms with Crippen molar-refractivity contribution in [2.45, 2.75) is 32.9 Å². The molecule has 0 fully saturated rings. The third-order valence-corrected chi connectivity index (χ3v) is 4.62. The highest BCUT2D eigenvalue weighted by Crippen LogP contribution is 2.32. The van der Waals surface area contributed by atoms with Gasteiger partial charge in [-0.25, -0.2) is 0 Å². The van der Waals surface area contributed by atoms with Crippen molar-refractivity contribution >= 4 is 23.4 Å². The number of nitrogens with one attached hydrogen (secondary N) is 3. The van der Waals surface area contributed by atoms with Crippen LogP contribution in [0.25, 0.3) is 11.3 Å². The fourth-order valence-corrected chi connectivity index (χ4v) is 3.09. The van der Waals surface area contributed by atoms with Gasteiger partial charge in [-0.15, -0.1) is 0 Å². The van der Waals surface area contributed by atoms with Crippen molar-refractivity contribution in [2.75, 3.05) is 18.2 Å². The number of anilines is 2. The third kappa shape index (κ3) is 5.78. The lowest BCUT2D eigenvalue weighted by Crippen LogP contribution is -2.25. The van der Waals surface area contributed by atoms with Gasteiger partial charge in [0.15, 0.2) is 5.76 Å². The Morgan fingerprint density at radius 2 is 1.94 bits per heavy atom. The van der Waals surface area contributed by atoms with Crippen molar-refractivity contribution in [3.05, 3.63) is 59.3 Å². The van der Waals surface area contributed by atoms with Crippen molar-refractivity contribution in [1.82, 2.24) is 10.3 Å². The summed E-state index contributed by atoms with van der Waals surface area (Å²) in [6.07, 6.45) is 0.0290. The van der Waals surface area contributed by atoms with E-state index in [1.807, 2.05) is 26.0 Å². The van der Waals surface area contributed by atoms with Crippen LogP contribution in [0.3, 0.4) is 0 Å². The Hall–Kier alpha value is -4.01. The molecule has 3 aromatic rings. The topological polar surface area (TPSA) is 152 Å². The van der Waals surface area contributed by atoms with Crippen LogP contribution in [0.2, 0.25) is 0 Å². The number of rotatable bonds is 9. The Morgan fingerprint density at radius 1 is 1.22 bits per heavy atom. The largest absolute Gasteiger partial charge is 0.497 e. The van der Waals surface area contributed by atoms with E-state index in [1.165, 1.54) is 0 Å². The molecule has 9 nitrogen and oxygen atoms in total. The van der Waals surface area contributed by atoms with E-state index in [9.17, 15) is 4.79 Å². The SMILES string of the molecule is COc1cc(N)cc(-c2oc(NC(C)C)nc2CC(=O)NCc2ccc(C(=N)N)cc2)c1. The molecule has 2 aromatic carbocycles. The van der Waals surface area contributed by atoms with E-state index in [2.05, 4.69) is 15.6 Å². The number of amidine groups is 1. The summed E-state index contributed by atoms with van der Waals surface area (Å²) in [6, 6.07) is 12.8. The highest BCUT2D eigenvalue weighted by atomic mass is 16.5. The quantitative estimate of drug-likeness (QED) is 0.196. The normalized spacial score (nSPS) is 10.8. The second kappa shape index (κ2) is 9.86. The summed E-state index contributed by atoms with van der Waals surface area (Å²) in [7, 11) is 1.56. The van der Waals surface area contributed by atoms with Gasteiger partial charge in [0.25, 0.3) is 6.01 Å². The molecule has 0 atom stereocenters. The molecule has 0 aliphatic carbocycles. The first kappa shape index (κ1) is 22.7. The maximum atomic E-state index is 12.6. The second-order valence-corrected chi connectivity index (χ2v) is 7.65. The van der Waals surface area contributed by atoms with Crippen LogP contribution in [-0.2, 0) is 17.8 Å². The van der Waals surface area contributed by atoms with E-state index < -0.39 is 0 Å².